The Bertz CT molecular complexity index is 2460. The zero-order valence-corrected chi connectivity index (χ0v) is 24.2. The molecule has 6 nitrogen and oxygen atoms in total. The van der Waals surface area contributed by atoms with Crippen LogP contribution in [-0.4, -0.2) is 23.8 Å². The minimum Gasteiger partial charge on any atom is -0.497 e. The molecule has 5 heterocycles. The molecule has 200 valence electrons. The van der Waals surface area contributed by atoms with E-state index >= 15 is 0 Å². The van der Waals surface area contributed by atoms with Crippen LogP contribution in [0.5, 0.6) is 11.5 Å². The first-order chi connectivity index (χ1) is 20.3. The third-order valence-electron chi connectivity index (χ3n) is 7.79. The second-order valence-corrected chi connectivity index (χ2v) is 10.1. The van der Waals surface area contributed by atoms with Crippen molar-refractivity contribution in [1.82, 2.24) is 23.8 Å². The molecule has 0 bridgehead atoms. The second kappa shape index (κ2) is 9.50. The molecule has 0 spiro atoms. The van der Waals surface area contributed by atoms with Gasteiger partial charge in [-0.15, -0.1) is 12.1 Å². The summed E-state index contributed by atoms with van der Waals surface area (Å²) in [5.74, 6) is 1.19. The second-order valence-electron chi connectivity index (χ2n) is 10.1. The molecule has 9 aromatic rings. The first kappa shape index (κ1) is 24.7. The summed E-state index contributed by atoms with van der Waals surface area (Å²) >= 11 is 0. The van der Waals surface area contributed by atoms with Crippen LogP contribution in [0.25, 0.3) is 65.8 Å². The van der Waals surface area contributed by atoms with Crippen molar-refractivity contribution < 1.29 is 25.8 Å². The third-order valence-corrected chi connectivity index (χ3v) is 7.79. The Hall–Kier alpha value is -5.06. The molecule has 0 atom stereocenters. The molecule has 0 fully saturated rings. The first-order valence-electron chi connectivity index (χ1n) is 13.3. The summed E-state index contributed by atoms with van der Waals surface area (Å²) < 4.78 is 10.5. The van der Waals surface area contributed by atoms with E-state index in [2.05, 4.69) is 84.4 Å². The summed E-state index contributed by atoms with van der Waals surface area (Å²) in [5, 5.41) is 6.05. The smallest absolute Gasteiger partial charge is 0.497 e. The minimum absolute atomic E-state index is 0. The van der Waals surface area contributed by atoms with Gasteiger partial charge in [0.1, 0.15) is 0 Å². The molecular formula is C35H19N5OPt. The van der Waals surface area contributed by atoms with Crippen LogP contribution in [-0.2, 0) is 21.1 Å². The van der Waals surface area contributed by atoms with Gasteiger partial charge in [-0.1, -0.05) is 88.3 Å². The van der Waals surface area contributed by atoms with Gasteiger partial charge in [-0.05, 0) is 34.0 Å². The maximum absolute atomic E-state index is 6.36. The molecule has 0 aliphatic heterocycles. The van der Waals surface area contributed by atoms with Crippen LogP contribution < -0.4 is 4.74 Å². The SMILES string of the molecule is [Pt+2].[c-]1c(Oc2[c-]c3c(cc2)c2cc(-c4ccccc4)ccc2n2ccnc32)ccc2c1c1nccn1c1ccncc21. The average Bonchev–Trinajstić information content (AvgIpc) is 3.73. The Labute approximate surface area is 254 Å². The third kappa shape index (κ3) is 3.65. The standard InChI is InChI=1S/C35H19N5O.Pt/c1-2-4-22(5-3-1)23-6-11-32-28(18-23)26-9-7-24(19-29(26)34-37-14-16-39(32)34)41-25-8-10-27-30(20-25)35-38-15-17-40(35)33-12-13-36-21-31(27)33;/h1-18,21H;/q-2;+2. The van der Waals surface area contributed by atoms with Crippen LogP contribution >= 0.6 is 0 Å². The number of pyridine rings is 3. The molecule has 42 heavy (non-hydrogen) atoms. The molecule has 0 saturated heterocycles. The summed E-state index contributed by atoms with van der Waals surface area (Å²) in [6.07, 6.45) is 11.3. The van der Waals surface area contributed by atoms with Gasteiger partial charge in [0.15, 0.2) is 0 Å². The van der Waals surface area contributed by atoms with Crippen molar-refractivity contribution in [2.45, 2.75) is 0 Å². The zero-order valence-electron chi connectivity index (χ0n) is 21.9. The van der Waals surface area contributed by atoms with Crippen molar-refractivity contribution in [1.29, 1.82) is 0 Å². The number of rotatable bonds is 3. The van der Waals surface area contributed by atoms with Crippen molar-refractivity contribution in [2.75, 3.05) is 0 Å². The van der Waals surface area contributed by atoms with E-state index < -0.39 is 0 Å². The predicted molar refractivity (Wildman–Crippen MR) is 161 cm³/mol. The number of hydrogen-bond donors (Lipinski definition) is 0. The number of aromatic nitrogens is 5. The fourth-order valence-electron chi connectivity index (χ4n) is 5.93. The molecule has 0 N–H and O–H groups in total. The zero-order chi connectivity index (χ0) is 26.9. The van der Waals surface area contributed by atoms with Crippen LogP contribution in [0.4, 0.5) is 0 Å². The topological polar surface area (TPSA) is 56.7 Å². The molecule has 0 unspecified atom stereocenters. The van der Waals surface area contributed by atoms with Gasteiger partial charge in [-0.2, -0.15) is 0 Å². The average molecular weight is 721 g/mol. The molecule has 0 saturated carbocycles. The van der Waals surface area contributed by atoms with Gasteiger partial charge in [0.05, 0.1) is 11.3 Å². The largest absolute Gasteiger partial charge is 2.00 e. The molecule has 4 aromatic carbocycles. The Balaban J connectivity index is 0.00000267. The van der Waals surface area contributed by atoms with Crippen molar-refractivity contribution in [3.63, 3.8) is 0 Å². The van der Waals surface area contributed by atoms with Crippen molar-refractivity contribution in [3.05, 3.63) is 128 Å². The quantitative estimate of drug-likeness (QED) is 0.137. The molecule has 0 aliphatic carbocycles. The number of ether oxygens (including phenoxy) is 1. The van der Waals surface area contributed by atoms with E-state index in [4.69, 9.17) is 4.74 Å². The molecule has 5 aromatic heterocycles. The summed E-state index contributed by atoms with van der Waals surface area (Å²) in [4.78, 5) is 13.6. The normalized spacial score (nSPS) is 11.6. The maximum Gasteiger partial charge on any atom is 2.00 e. The van der Waals surface area contributed by atoms with Crippen LogP contribution in [0.2, 0.25) is 0 Å². The van der Waals surface area contributed by atoms with Gasteiger partial charge in [-0.3, -0.25) is 15.0 Å². The number of imidazole rings is 2. The van der Waals surface area contributed by atoms with Gasteiger partial charge in [0, 0.05) is 59.7 Å². The molecular weight excluding hydrogens is 701 g/mol. The Kier molecular flexibility index (Phi) is 5.59. The van der Waals surface area contributed by atoms with Gasteiger partial charge in [-0.25, -0.2) is 0 Å². The van der Waals surface area contributed by atoms with E-state index in [-0.39, 0.29) is 21.1 Å². The van der Waals surface area contributed by atoms with E-state index in [0.29, 0.717) is 11.5 Å². The molecule has 0 amide bonds. The van der Waals surface area contributed by atoms with Gasteiger partial charge < -0.3 is 13.5 Å². The van der Waals surface area contributed by atoms with Gasteiger partial charge >= 0.3 is 21.1 Å². The minimum atomic E-state index is 0. The predicted octanol–water partition coefficient (Wildman–Crippen LogP) is 8.05. The van der Waals surface area contributed by atoms with Gasteiger partial charge in [0.2, 0.25) is 0 Å². The van der Waals surface area contributed by atoms with E-state index in [1.165, 1.54) is 5.56 Å². The number of hydrogen-bond acceptors (Lipinski definition) is 4. The van der Waals surface area contributed by atoms with Crippen molar-refractivity contribution in [2.24, 2.45) is 0 Å². The Morgan fingerprint density at radius 1 is 0.571 bits per heavy atom. The molecule has 0 aliphatic rings. The fourth-order valence-corrected chi connectivity index (χ4v) is 5.93. The van der Waals surface area contributed by atoms with E-state index in [0.717, 1.165) is 60.2 Å². The Morgan fingerprint density at radius 2 is 1.21 bits per heavy atom. The number of nitrogens with zero attached hydrogens (tertiary/aromatic N) is 5. The van der Waals surface area contributed by atoms with Gasteiger partial charge in [0.25, 0.3) is 0 Å². The van der Waals surface area contributed by atoms with Crippen LogP contribution in [0.1, 0.15) is 0 Å². The van der Waals surface area contributed by atoms with Crippen LogP contribution in [0.3, 0.4) is 0 Å². The molecule has 0 radical (unpaired) electrons. The number of benzene rings is 4. The van der Waals surface area contributed by atoms with Crippen LogP contribution in [0, 0.1) is 12.1 Å². The van der Waals surface area contributed by atoms with E-state index in [9.17, 15) is 0 Å². The Morgan fingerprint density at radius 3 is 1.90 bits per heavy atom. The summed E-state index contributed by atoms with van der Waals surface area (Å²) in [7, 11) is 0. The number of fused-ring (bicyclic) bond motifs is 12. The van der Waals surface area contributed by atoms with Crippen molar-refractivity contribution >= 4 is 54.6 Å². The monoisotopic (exact) mass is 720 g/mol. The summed E-state index contributed by atoms with van der Waals surface area (Å²) in [5.41, 5.74) is 6.16. The summed E-state index contributed by atoms with van der Waals surface area (Å²) in [6, 6.07) is 34.0. The van der Waals surface area contributed by atoms with E-state index in [1.54, 1.807) is 12.4 Å². The maximum atomic E-state index is 6.36. The summed E-state index contributed by atoms with van der Waals surface area (Å²) in [6.45, 7) is 0. The van der Waals surface area contributed by atoms with Crippen molar-refractivity contribution in [3.8, 4) is 22.6 Å². The van der Waals surface area contributed by atoms with Crippen LogP contribution in [0.15, 0.2) is 116 Å². The fraction of sp³-hybridized carbons (Fsp3) is 0. The molecule has 9 rings (SSSR count). The first-order valence-corrected chi connectivity index (χ1v) is 13.3. The molecule has 7 heteroatoms. The van der Waals surface area contributed by atoms with E-state index in [1.807, 2.05) is 55.1 Å².